The number of piperidine rings is 1. The van der Waals surface area contributed by atoms with Gasteiger partial charge in [-0.1, -0.05) is 24.4 Å². The van der Waals surface area contributed by atoms with E-state index in [9.17, 15) is 9.59 Å². The number of nitrogens with zero attached hydrogens (tertiary/aromatic N) is 3. The summed E-state index contributed by atoms with van der Waals surface area (Å²) in [5.41, 5.74) is 3.77. The third-order valence-electron chi connectivity index (χ3n) is 7.40. The van der Waals surface area contributed by atoms with Gasteiger partial charge in [-0.2, -0.15) is 0 Å². The SMILES string of the molecule is Cc1cc2cc(NC(=O)c3cc(C4CCCN(C(=O)C5CCCCC5)C4)no3)ccc2n1C. The van der Waals surface area contributed by atoms with E-state index in [1.54, 1.807) is 6.07 Å². The van der Waals surface area contributed by atoms with Gasteiger partial charge in [0.15, 0.2) is 0 Å². The highest BCUT2D eigenvalue weighted by atomic mass is 16.5. The minimum absolute atomic E-state index is 0.111. The standard InChI is InChI=1S/C26H32N4O3/c1-17-13-20-14-21(10-11-23(20)29(17)2)27-25(31)24-15-22(28-33-24)19-9-6-12-30(16-19)26(32)18-7-4-3-5-8-18/h10-11,13-15,18-19H,3-9,12,16H2,1-2H3,(H,27,31). The Morgan fingerprint density at radius 1 is 1.06 bits per heavy atom. The molecule has 5 rings (SSSR count). The van der Waals surface area contributed by atoms with Crippen LogP contribution in [0.5, 0.6) is 0 Å². The molecule has 1 aromatic carbocycles. The Labute approximate surface area is 194 Å². The fraction of sp³-hybridized carbons (Fsp3) is 0.500. The molecule has 1 saturated heterocycles. The molecule has 0 radical (unpaired) electrons. The lowest BCUT2D eigenvalue weighted by molar-refractivity contribution is -0.137. The number of hydrogen-bond donors (Lipinski definition) is 1. The molecule has 1 N–H and O–H groups in total. The zero-order valence-corrected chi connectivity index (χ0v) is 19.5. The highest BCUT2D eigenvalue weighted by Crippen LogP contribution is 2.31. The molecule has 2 fully saturated rings. The first-order valence-corrected chi connectivity index (χ1v) is 12.1. The number of likely N-dealkylation sites (tertiary alicyclic amines) is 1. The minimum Gasteiger partial charge on any atom is -0.351 e. The van der Waals surface area contributed by atoms with Gasteiger partial charge in [0, 0.05) is 60.3 Å². The fourth-order valence-corrected chi connectivity index (χ4v) is 5.37. The number of rotatable bonds is 4. The first-order valence-electron chi connectivity index (χ1n) is 12.1. The Hall–Kier alpha value is -3.09. The topological polar surface area (TPSA) is 80.4 Å². The van der Waals surface area contributed by atoms with Crippen LogP contribution >= 0.6 is 0 Å². The van der Waals surface area contributed by atoms with Crippen LogP contribution < -0.4 is 5.32 Å². The zero-order chi connectivity index (χ0) is 22.9. The van der Waals surface area contributed by atoms with Crippen LogP contribution in [0.4, 0.5) is 5.69 Å². The second-order valence-electron chi connectivity index (χ2n) is 9.65. The molecule has 0 spiro atoms. The monoisotopic (exact) mass is 448 g/mol. The van der Waals surface area contributed by atoms with E-state index in [0.717, 1.165) is 73.0 Å². The van der Waals surface area contributed by atoms with E-state index in [1.165, 1.54) is 6.42 Å². The van der Waals surface area contributed by atoms with Crippen LogP contribution in [0.15, 0.2) is 34.9 Å². The van der Waals surface area contributed by atoms with Gasteiger partial charge in [0.05, 0.1) is 5.69 Å². The molecule has 174 valence electrons. The number of carbonyl (C=O) groups is 2. The lowest BCUT2D eigenvalue weighted by Gasteiger charge is -2.35. The molecule has 3 heterocycles. The van der Waals surface area contributed by atoms with Crippen LogP contribution in [0.25, 0.3) is 10.9 Å². The molecular formula is C26H32N4O3. The number of fused-ring (bicyclic) bond motifs is 1. The number of aryl methyl sites for hydroxylation is 2. The maximum atomic E-state index is 13.0. The van der Waals surface area contributed by atoms with Crippen LogP contribution in [0.2, 0.25) is 0 Å². The number of anilines is 1. The molecule has 7 heteroatoms. The Kier molecular flexibility index (Phi) is 5.96. The zero-order valence-electron chi connectivity index (χ0n) is 19.5. The Morgan fingerprint density at radius 2 is 1.88 bits per heavy atom. The quantitative estimate of drug-likeness (QED) is 0.608. The molecular weight excluding hydrogens is 416 g/mol. The Bertz CT molecular complexity index is 1170. The molecule has 2 amide bonds. The largest absolute Gasteiger partial charge is 0.351 e. The average molecular weight is 449 g/mol. The summed E-state index contributed by atoms with van der Waals surface area (Å²) in [4.78, 5) is 27.8. The lowest BCUT2D eigenvalue weighted by atomic mass is 9.87. The maximum Gasteiger partial charge on any atom is 0.294 e. The van der Waals surface area contributed by atoms with Gasteiger partial charge in [-0.05, 0) is 56.9 Å². The summed E-state index contributed by atoms with van der Waals surface area (Å²) in [6.45, 7) is 3.54. The predicted octanol–water partition coefficient (Wildman–Crippen LogP) is 5.01. The third-order valence-corrected chi connectivity index (χ3v) is 7.40. The molecule has 3 aromatic rings. The van der Waals surface area contributed by atoms with E-state index >= 15 is 0 Å². The van der Waals surface area contributed by atoms with Gasteiger partial charge in [-0.3, -0.25) is 9.59 Å². The summed E-state index contributed by atoms with van der Waals surface area (Å²) in [6, 6.07) is 9.70. The number of hydrogen-bond acceptors (Lipinski definition) is 4. The van der Waals surface area contributed by atoms with Gasteiger partial charge in [0.2, 0.25) is 11.7 Å². The number of nitrogens with one attached hydrogen (secondary N) is 1. The predicted molar refractivity (Wildman–Crippen MR) is 127 cm³/mol. The van der Waals surface area contributed by atoms with Crippen molar-refractivity contribution in [2.75, 3.05) is 18.4 Å². The fourth-order valence-electron chi connectivity index (χ4n) is 5.37. The number of amides is 2. The Balaban J connectivity index is 1.24. The molecule has 1 unspecified atom stereocenters. The lowest BCUT2D eigenvalue weighted by Crippen LogP contribution is -2.42. The number of carbonyl (C=O) groups excluding carboxylic acids is 2. The first-order chi connectivity index (χ1) is 16.0. The second-order valence-corrected chi connectivity index (χ2v) is 9.65. The summed E-state index contributed by atoms with van der Waals surface area (Å²) in [5.74, 6) is 0.478. The van der Waals surface area contributed by atoms with Crippen LogP contribution in [-0.2, 0) is 11.8 Å². The highest BCUT2D eigenvalue weighted by molar-refractivity contribution is 6.03. The molecule has 0 bridgehead atoms. The van der Waals surface area contributed by atoms with E-state index in [2.05, 4.69) is 28.0 Å². The molecule has 1 atom stereocenters. The van der Waals surface area contributed by atoms with Gasteiger partial charge < -0.3 is 19.3 Å². The van der Waals surface area contributed by atoms with Crippen LogP contribution in [0.1, 0.15) is 72.8 Å². The summed E-state index contributed by atoms with van der Waals surface area (Å²) in [6.07, 6.45) is 7.50. The van der Waals surface area contributed by atoms with E-state index < -0.39 is 0 Å². The molecule has 1 saturated carbocycles. The Morgan fingerprint density at radius 3 is 2.70 bits per heavy atom. The highest BCUT2D eigenvalue weighted by Gasteiger charge is 2.31. The van der Waals surface area contributed by atoms with E-state index in [4.69, 9.17) is 4.52 Å². The van der Waals surface area contributed by atoms with Crippen molar-refractivity contribution >= 4 is 28.4 Å². The molecule has 2 aromatic heterocycles. The van der Waals surface area contributed by atoms with E-state index in [-0.39, 0.29) is 23.5 Å². The molecule has 1 aliphatic heterocycles. The summed E-state index contributed by atoms with van der Waals surface area (Å²) >= 11 is 0. The number of benzene rings is 1. The third kappa shape index (κ3) is 4.41. The van der Waals surface area contributed by atoms with Crippen LogP contribution in [-0.4, -0.2) is 39.5 Å². The van der Waals surface area contributed by atoms with E-state index in [0.29, 0.717) is 12.5 Å². The average Bonchev–Trinajstić information content (AvgIpc) is 3.44. The number of aromatic nitrogens is 2. The van der Waals surface area contributed by atoms with Crippen molar-refractivity contribution in [3.63, 3.8) is 0 Å². The van der Waals surface area contributed by atoms with Gasteiger partial charge in [-0.25, -0.2) is 0 Å². The first kappa shape index (κ1) is 21.7. The van der Waals surface area contributed by atoms with Gasteiger partial charge in [-0.15, -0.1) is 0 Å². The van der Waals surface area contributed by atoms with E-state index in [1.807, 2.05) is 30.1 Å². The molecule has 33 heavy (non-hydrogen) atoms. The van der Waals surface area contributed by atoms with Crippen LogP contribution in [0.3, 0.4) is 0 Å². The normalized spacial score (nSPS) is 19.7. The van der Waals surface area contributed by atoms with Crippen molar-refractivity contribution in [3.8, 4) is 0 Å². The molecule has 2 aliphatic rings. The van der Waals surface area contributed by atoms with Crippen molar-refractivity contribution in [1.82, 2.24) is 14.6 Å². The van der Waals surface area contributed by atoms with Gasteiger partial charge in [0.25, 0.3) is 5.91 Å². The van der Waals surface area contributed by atoms with Gasteiger partial charge in [0.1, 0.15) is 0 Å². The van der Waals surface area contributed by atoms with Crippen LogP contribution in [0, 0.1) is 12.8 Å². The summed E-state index contributed by atoms with van der Waals surface area (Å²) in [5, 5.41) is 8.20. The summed E-state index contributed by atoms with van der Waals surface area (Å²) < 4.78 is 7.53. The smallest absolute Gasteiger partial charge is 0.294 e. The van der Waals surface area contributed by atoms with Crippen molar-refractivity contribution < 1.29 is 14.1 Å². The minimum atomic E-state index is -0.313. The molecule has 7 nitrogen and oxygen atoms in total. The van der Waals surface area contributed by atoms with Crippen molar-refractivity contribution in [2.24, 2.45) is 13.0 Å². The van der Waals surface area contributed by atoms with Gasteiger partial charge >= 0.3 is 0 Å². The van der Waals surface area contributed by atoms with Crippen molar-refractivity contribution in [2.45, 2.75) is 57.8 Å². The van der Waals surface area contributed by atoms with Crippen molar-refractivity contribution in [3.05, 3.63) is 47.5 Å². The molecule has 1 aliphatic carbocycles. The maximum absolute atomic E-state index is 13.0. The van der Waals surface area contributed by atoms with Crippen molar-refractivity contribution in [1.29, 1.82) is 0 Å². The second kappa shape index (κ2) is 9.04. The summed E-state index contributed by atoms with van der Waals surface area (Å²) in [7, 11) is 2.03.